The lowest BCUT2D eigenvalue weighted by atomic mass is 10.1. The van der Waals surface area contributed by atoms with E-state index >= 15 is 0 Å². The first-order valence-corrected chi connectivity index (χ1v) is 15.8. The van der Waals surface area contributed by atoms with E-state index in [9.17, 15) is 4.79 Å². The maximum absolute atomic E-state index is 12.0. The first-order chi connectivity index (χ1) is 19.6. The molecule has 40 heavy (non-hydrogen) atoms. The molecule has 1 aromatic heterocycles. The van der Waals surface area contributed by atoms with E-state index in [4.69, 9.17) is 14.5 Å². The van der Waals surface area contributed by atoms with E-state index in [0.29, 0.717) is 5.75 Å². The highest BCUT2D eigenvalue weighted by molar-refractivity contribution is 7.10. The van der Waals surface area contributed by atoms with Crippen molar-refractivity contribution in [3.05, 3.63) is 82.6 Å². The monoisotopic (exact) mass is 559 g/mol. The quantitative estimate of drug-likeness (QED) is 0.0482. The van der Waals surface area contributed by atoms with Crippen molar-refractivity contribution in [1.29, 1.82) is 0 Å². The molecule has 4 nitrogen and oxygen atoms in total. The fourth-order valence-electron chi connectivity index (χ4n) is 4.46. The van der Waals surface area contributed by atoms with Crippen LogP contribution in [0.2, 0.25) is 0 Å². The molecule has 214 valence electrons. The van der Waals surface area contributed by atoms with Gasteiger partial charge in [-0.3, -0.25) is 4.99 Å². The Balaban J connectivity index is 1.30. The third-order valence-electron chi connectivity index (χ3n) is 6.82. The smallest absolute Gasteiger partial charge is 0.336 e. The normalized spacial score (nSPS) is 11.7. The SMILES string of the molecule is CCCCCCCCCCCCCCOc1ccc(N=C(C)c2ccc(OC(=O)/C=C/c3cccs3)cc2)cc1. The Bertz CT molecular complexity index is 1150. The summed E-state index contributed by atoms with van der Waals surface area (Å²) in [6.45, 7) is 5.01. The minimum Gasteiger partial charge on any atom is -0.494 e. The maximum atomic E-state index is 12.0. The van der Waals surface area contributed by atoms with Gasteiger partial charge in [0, 0.05) is 16.7 Å². The molecule has 0 aliphatic carbocycles. The Kier molecular flexibility index (Phi) is 14.9. The number of hydrogen-bond acceptors (Lipinski definition) is 5. The van der Waals surface area contributed by atoms with E-state index in [-0.39, 0.29) is 0 Å². The van der Waals surface area contributed by atoms with E-state index < -0.39 is 5.97 Å². The molecule has 0 aliphatic heterocycles. The summed E-state index contributed by atoms with van der Waals surface area (Å²) < 4.78 is 11.3. The van der Waals surface area contributed by atoms with Crippen LogP contribution in [0.25, 0.3) is 6.08 Å². The molecule has 3 aromatic rings. The zero-order valence-electron chi connectivity index (χ0n) is 24.3. The summed E-state index contributed by atoms with van der Waals surface area (Å²) in [7, 11) is 0. The predicted octanol–water partition coefficient (Wildman–Crippen LogP) is 10.6. The van der Waals surface area contributed by atoms with Crippen LogP contribution in [0.15, 0.2) is 77.1 Å². The first kappa shape index (κ1) is 31.3. The van der Waals surface area contributed by atoms with Crippen molar-refractivity contribution in [1.82, 2.24) is 0 Å². The van der Waals surface area contributed by atoms with Crippen molar-refractivity contribution in [2.24, 2.45) is 4.99 Å². The van der Waals surface area contributed by atoms with E-state index in [0.717, 1.165) is 40.6 Å². The summed E-state index contributed by atoms with van der Waals surface area (Å²) >= 11 is 1.57. The molecule has 0 fully saturated rings. The lowest BCUT2D eigenvalue weighted by Crippen LogP contribution is -2.04. The Morgan fingerprint density at radius 1 is 0.775 bits per heavy atom. The number of carbonyl (C=O) groups excluding carboxylic acids is 1. The second-order valence-corrected chi connectivity index (χ2v) is 11.2. The van der Waals surface area contributed by atoms with Crippen molar-refractivity contribution in [2.45, 2.75) is 90.9 Å². The van der Waals surface area contributed by atoms with Crippen LogP contribution in [0.3, 0.4) is 0 Å². The van der Waals surface area contributed by atoms with Gasteiger partial charge in [-0.05, 0) is 85.0 Å². The fourth-order valence-corrected chi connectivity index (χ4v) is 5.08. The third-order valence-corrected chi connectivity index (χ3v) is 7.66. The molecule has 0 spiro atoms. The molecule has 3 rings (SSSR count). The van der Waals surface area contributed by atoms with Crippen LogP contribution >= 0.6 is 11.3 Å². The molecule has 5 heteroatoms. The summed E-state index contributed by atoms with van der Waals surface area (Å²) in [5.74, 6) is 0.999. The van der Waals surface area contributed by atoms with Gasteiger partial charge in [0.15, 0.2) is 0 Å². The van der Waals surface area contributed by atoms with Crippen LogP contribution in [0.1, 0.15) is 101 Å². The van der Waals surface area contributed by atoms with Gasteiger partial charge in [0.2, 0.25) is 0 Å². The Hall–Kier alpha value is -3.18. The zero-order chi connectivity index (χ0) is 28.3. The highest BCUT2D eigenvalue weighted by Crippen LogP contribution is 2.21. The summed E-state index contributed by atoms with van der Waals surface area (Å²) in [5.41, 5.74) is 2.74. The topological polar surface area (TPSA) is 47.9 Å². The molecule has 0 bridgehead atoms. The number of nitrogens with zero attached hydrogens (tertiary/aromatic N) is 1. The molecule has 1 heterocycles. The van der Waals surface area contributed by atoms with Crippen LogP contribution in [-0.4, -0.2) is 18.3 Å². The van der Waals surface area contributed by atoms with Gasteiger partial charge in [-0.2, -0.15) is 0 Å². The second-order valence-electron chi connectivity index (χ2n) is 10.2. The van der Waals surface area contributed by atoms with Crippen LogP contribution in [-0.2, 0) is 4.79 Å². The number of hydrogen-bond donors (Lipinski definition) is 0. The Labute approximate surface area is 245 Å². The number of rotatable bonds is 19. The molecule has 0 amide bonds. The molecule has 0 aliphatic rings. The molecule has 0 saturated heterocycles. The first-order valence-electron chi connectivity index (χ1n) is 15.0. The molecule has 0 radical (unpaired) electrons. The number of unbranched alkanes of at least 4 members (excludes halogenated alkanes) is 11. The van der Waals surface area contributed by atoms with Gasteiger partial charge in [0.25, 0.3) is 0 Å². The van der Waals surface area contributed by atoms with Gasteiger partial charge in [-0.25, -0.2) is 4.79 Å². The van der Waals surface area contributed by atoms with Gasteiger partial charge in [-0.1, -0.05) is 83.6 Å². The van der Waals surface area contributed by atoms with E-state index in [1.165, 1.54) is 76.7 Å². The fraction of sp³-hybridized carbons (Fsp3) is 0.429. The molecule has 0 unspecified atom stereocenters. The number of thiophene rings is 1. The van der Waals surface area contributed by atoms with Crippen LogP contribution in [0, 0.1) is 0 Å². The van der Waals surface area contributed by atoms with Crippen molar-refractivity contribution in [3.8, 4) is 11.5 Å². The summed E-state index contributed by atoms with van der Waals surface area (Å²) in [6, 6.07) is 19.2. The standard InChI is InChI=1S/C35H45NO3S/c1-3-4-5-6-7-8-9-10-11-12-13-14-27-38-32-23-19-31(20-24-32)36-29(2)30-17-21-33(22-18-30)39-35(37)26-25-34-16-15-28-40-34/h15-26,28H,3-14,27H2,1-2H3/b26-25+,36-29?. The number of ether oxygens (including phenoxy) is 2. The van der Waals surface area contributed by atoms with E-state index in [1.807, 2.05) is 60.8 Å². The molecule has 2 aromatic carbocycles. The third kappa shape index (κ3) is 12.8. The van der Waals surface area contributed by atoms with Crippen LogP contribution in [0.5, 0.6) is 11.5 Å². The summed E-state index contributed by atoms with van der Waals surface area (Å²) in [6.07, 6.45) is 19.4. The number of esters is 1. The predicted molar refractivity (Wildman–Crippen MR) is 170 cm³/mol. The molecule has 0 N–H and O–H groups in total. The number of aliphatic imine (C=N–C) groups is 1. The summed E-state index contributed by atoms with van der Waals surface area (Å²) in [5, 5.41) is 1.97. The summed E-state index contributed by atoms with van der Waals surface area (Å²) in [4.78, 5) is 17.8. The van der Waals surface area contributed by atoms with Crippen LogP contribution in [0.4, 0.5) is 5.69 Å². The van der Waals surface area contributed by atoms with E-state index in [2.05, 4.69) is 6.92 Å². The Morgan fingerprint density at radius 3 is 1.98 bits per heavy atom. The van der Waals surface area contributed by atoms with Gasteiger partial charge in [0.1, 0.15) is 11.5 Å². The molecule has 0 saturated carbocycles. The van der Waals surface area contributed by atoms with E-state index in [1.54, 1.807) is 29.5 Å². The van der Waals surface area contributed by atoms with Crippen molar-refractivity contribution in [2.75, 3.05) is 6.61 Å². The van der Waals surface area contributed by atoms with Crippen molar-refractivity contribution < 1.29 is 14.3 Å². The molecular weight excluding hydrogens is 514 g/mol. The highest BCUT2D eigenvalue weighted by Gasteiger charge is 2.04. The highest BCUT2D eigenvalue weighted by atomic mass is 32.1. The minimum absolute atomic E-state index is 0.396. The largest absolute Gasteiger partial charge is 0.494 e. The van der Waals surface area contributed by atoms with Crippen LogP contribution < -0.4 is 9.47 Å². The van der Waals surface area contributed by atoms with Gasteiger partial charge >= 0.3 is 5.97 Å². The van der Waals surface area contributed by atoms with Gasteiger partial charge in [-0.15, -0.1) is 11.3 Å². The number of carbonyl (C=O) groups is 1. The average Bonchev–Trinajstić information content (AvgIpc) is 3.49. The lowest BCUT2D eigenvalue weighted by Gasteiger charge is -2.07. The number of benzene rings is 2. The van der Waals surface area contributed by atoms with Gasteiger partial charge < -0.3 is 9.47 Å². The second kappa shape index (κ2) is 19.0. The van der Waals surface area contributed by atoms with Crippen molar-refractivity contribution in [3.63, 3.8) is 0 Å². The maximum Gasteiger partial charge on any atom is 0.336 e. The zero-order valence-corrected chi connectivity index (χ0v) is 25.1. The molecule has 0 atom stereocenters. The lowest BCUT2D eigenvalue weighted by molar-refractivity contribution is -0.128. The van der Waals surface area contributed by atoms with Crippen molar-refractivity contribution >= 4 is 34.8 Å². The molecular formula is C35H45NO3S. The van der Waals surface area contributed by atoms with Gasteiger partial charge in [0.05, 0.1) is 12.3 Å². The average molecular weight is 560 g/mol. The Morgan fingerprint density at radius 2 is 1.38 bits per heavy atom. The minimum atomic E-state index is -0.396.